The topological polar surface area (TPSA) is 63.6 Å². The first-order valence-corrected chi connectivity index (χ1v) is 14.3. The Balaban J connectivity index is 3.36. The Bertz CT molecular complexity index is 512. The van der Waals surface area contributed by atoms with Gasteiger partial charge in [-0.1, -0.05) is 134 Å². The van der Waals surface area contributed by atoms with E-state index >= 15 is 0 Å². The van der Waals surface area contributed by atoms with Crippen LogP contribution in [-0.2, 0) is 14.3 Å². The van der Waals surface area contributed by atoms with Crippen LogP contribution < -0.4 is 0 Å². The molecule has 198 valence electrons. The molecule has 0 aromatic carbocycles. The highest BCUT2D eigenvalue weighted by Crippen LogP contribution is 2.18. The smallest absolute Gasteiger partial charge is 0.307 e. The summed E-state index contributed by atoms with van der Waals surface area (Å²) in [6.07, 6.45) is 31.2. The molecule has 0 aromatic heterocycles. The highest BCUT2D eigenvalue weighted by molar-refractivity contribution is 5.78. The maximum atomic E-state index is 11.6. The molecule has 0 rings (SSSR count). The zero-order chi connectivity index (χ0) is 25.1. The van der Waals surface area contributed by atoms with Crippen molar-refractivity contribution < 1.29 is 19.4 Å². The van der Waals surface area contributed by atoms with Crippen LogP contribution in [0, 0.1) is 5.92 Å². The Morgan fingerprint density at radius 2 is 1.18 bits per heavy atom. The van der Waals surface area contributed by atoms with E-state index in [0.717, 1.165) is 19.3 Å². The van der Waals surface area contributed by atoms with Crippen molar-refractivity contribution in [3.8, 4) is 0 Å². The fraction of sp³-hybridized carbons (Fsp3) is 0.800. The van der Waals surface area contributed by atoms with E-state index in [0.29, 0.717) is 6.42 Å². The molecule has 0 saturated heterocycles. The quantitative estimate of drug-likeness (QED) is 0.0764. The van der Waals surface area contributed by atoms with E-state index in [9.17, 15) is 14.7 Å². The molecule has 0 spiro atoms. The lowest BCUT2D eigenvalue weighted by Crippen LogP contribution is -2.19. The summed E-state index contributed by atoms with van der Waals surface area (Å²) in [5, 5.41) is 9.28. The van der Waals surface area contributed by atoms with Crippen molar-refractivity contribution in [3.63, 3.8) is 0 Å². The van der Waals surface area contributed by atoms with E-state index in [2.05, 4.69) is 25.7 Å². The number of unbranched alkanes of at least 4 members (excludes halogenated alkanes) is 17. The zero-order valence-corrected chi connectivity index (χ0v) is 22.2. The third-order valence-corrected chi connectivity index (χ3v) is 6.42. The minimum atomic E-state index is -0.902. The van der Waals surface area contributed by atoms with Crippen LogP contribution in [0.25, 0.3) is 0 Å². The summed E-state index contributed by atoms with van der Waals surface area (Å²) in [7, 11) is 0. The van der Waals surface area contributed by atoms with Crippen LogP contribution in [0.1, 0.15) is 142 Å². The number of rotatable bonds is 26. The number of carboxylic acid groups (broad SMARTS) is 1. The normalized spacial score (nSPS) is 12.1. The van der Waals surface area contributed by atoms with Gasteiger partial charge in [-0.25, -0.2) is 0 Å². The van der Waals surface area contributed by atoms with Crippen LogP contribution in [0.15, 0.2) is 24.8 Å². The van der Waals surface area contributed by atoms with Gasteiger partial charge in [0, 0.05) is 0 Å². The average Bonchev–Trinajstić information content (AvgIpc) is 2.82. The van der Waals surface area contributed by atoms with Gasteiger partial charge in [0.2, 0.25) is 0 Å². The second-order valence-electron chi connectivity index (χ2n) is 9.71. The van der Waals surface area contributed by atoms with Crippen molar-refractivity contribution in [1.82, 2.24) is 0 Å². The first-order valence-electron chi connectivity index (χ1n) is 14.3. The first kappa shape index (κ1) is 32.4. The van der Waals surface area contributed by atoms with Gasteiger partial charge in [-0.15, -0.1) is 0 Å². The Morgan fingerprint density at radius 3 is 1.62 bits per heavy atom. The third kappa shape index (κ3) is 23.6. The average molecular weight is 479 g/mol. The maximum absolute atomic E-state index is 11.6. The van der Waals surface area contributed by atoms with Crippen molar-refractivity contribution in [2.24, 2.45) is 5.92 Å². The zero-order valence-electron chi connectivity index (χ0n) is 22.2. The Labute approximate surface area is 210 Å². The van der Waals surface area contributed by atoms with Crippen molar-refractivity contribution in [2.45, 2.75) is 142 Å². The number of allylic oxidation sites excluding steroid dienone is 2. The monoisotopic (exact) mass is 478 g/mol. The predicted molar refractivity (Wildman–Crippen MR) is 144 cm³/mol. The molecule has 0 aliphatic rings. The van der Waals surface area contributed by atoms with E-state index in [1.807, 2.05) is 0 Å². The van der Waals surface area contributed by atoms with Gasteiger partial charge in [0.05, 0.1) is 12.3 Å². The third-order valence-electron chi connectivity index (χ3n) is 6.42. The van der Waals surface area contributed by atoms with Gasteiger partial charge >= 0.3 is 11.9 Å². The van der Waals surface area contributed by atoms with Crippen LogP contribution >= 0.6 is 0 Å². The standard InChI is InChI=1S/C30H54O4/c1-3-5-6-7-8-9-10-11-12-13-14-15-16-17-18-19-20-21-22-23-24-25-28(30(32)33)27-29(31)34-26-4-2/h4,6-7,28H,2-3,5,8-27H2,1H3,(H,32,33)/b7-6+. The van der Waals surface area contributed by atoms with Crippen molar-refractivity contribution in [1.29, 1.82) is 0 Å². The summed E-state index contributed by atoms with van der Waals surface area (Å²) < 4.78 is 4.90. The van der Waals surface area contributed by atoms with Crippen LogP contribution in [0.3, 0.4) is 0 Å². The van der Waals surface area contributed by atoms with Gasteiger partial charge in [-0.2, -0.15) is 0 Å². The van der Waals surface area contributed by atoms with Gasteiger partial charge in [0.25, 0.3) is 0 Å². The van der Waals surface area contributed by atoms with Crippen LogP contribution in [0.5, 0.6) is 0 Å². The number of hydrogen-bond donors (Lipinski definition) is 1. The molecule has 34 heavy (non-hydrogen) atoms. The molecular formula is C30H54O4. The van der Waals surface area contributed by atoms with E-state index in [1.54, 1.807) is 0 Å². The number of ether oxygens (including phenoxy) is 1. The molecule has 0 radical (unpaired) electrons. The SMILES string of the molecule is C=CCOC(=O)CC(CCCCCCCCCCCCCCCCCC/C=C/CCC)C(=O)O. The second-order valence-corrected chi connectivity index (χ2v) is 9.71. The van der Waals surface area contributed by atoms with Crippen molar-refractivity contribution in [2.75, 3.05) is 6.61 Å². The molecule has 0 fully saturated rings. The Hall–Kier alpha value is -1.58. The molecule has 0 aliphatic carbocycles. The number of carbonyl (C=O) groups excluding carboxylic acids is 1. The summed E-state index contributed by atoms with van der Waals surface area (Å²) in [6, 6.07) is 0. The molecule has 0 aliphatic heterocycles. The molecule has 0 heterocycles. The van der Waals surface area contributed by atoms with Gasteiger partial charge in [0.1, 0.15) is 6.61 Å². The Kier molecular flexibility index (Phi) is 24.8. The lowest BCUT2D eigenvalue weighted by atomic mass is 9.97. The highest BCUT2D eigenvalue weighted by atomic mass is 16.5. The number of esters is 1. The maximum Gasteiger partial charge on any atom is 0.307 e. The van der Waals surface area contributed by atoms with Gasteiger partial charge < -0.3 is 9.84 Å². The van der Waals surface area contributed by atoms with Gasteiger partial charge in [-0.05, 0) is 25.7 Å². The van der Waals surface area contributed by atoms with E-state index in [1.165, 1.54) is 109 Å². The number of hydrogen-bond acceptors (Lipinski definition) is 3. The fourth-order valence-corrected chi connectivity index (χ4v) is 4.25. The molecule has 1 atom stereocenters. The van der Waals surface area contributed by atoms with E-state index in [-0.39, 0.29) is 13.0 Å². The van der Waals surface area contributed by atoms with Crippen LogP contribution in [0.4, 0.5) is 0 Å². The number of carboxylic acids is 1. The number of carbonyl (C=O) groups is 2. The van der Waals surface area contributed by atoms with Crippen molar-refractivity contribution in [3.05, 3.63) is 24.8 Å². The van der Waals surface area contributed by atoms with Crippen LogP contribution in [0.2, 0.25) is 0 Å². The van der Waals surface area contributed by atoms with Gasteiger partial charge in [0.15, 0.2) is 0 Å². The minimum absolute atomic E-state index is 0.0415. The molecule has 0 bridgehead atoms. The first-order chi connectivity index (χ1) is 16.6. The van der Waals surface area contributed by atoms with Gasteiger partial charge in [-0.3, -0.25) is 9.59 Å². The minimum Gasteiger partial charge on any atom is -0.481 e. The molecule has 0 aromatic rings. The molecule has 0 saturated carbocycles. The highest BCUT2D eigenvalue weighted by Gasteiger charge is 2.21. The summed E-state index contributed by atoms with van der Waals surface area (Å²) in [5.41, 5.74) is 0. The molecule has 4 heteroatoms. The summed E-state index contributed by atoms with van der Waals surface area (Å²) >= 11 is 0. The predicted octanol–water partition coefficient (Wildman–Crippen LogP) is 9.18. The largest absolute Gasteiger partial charge is 0.481 e. The molecule has 1 unspecified atom stereocenters. The molecule has 4 nitrogen and oxygen atoms in total. The van der Waals surface area contributed by atoms with Crippen molar-refractivity contribution >= 4 is 11.9 Å². The second kappa shape index (κ2) is 26.0. The summed E-state index contributed by atoms with van der Waals surface area (Å²) in [5.74, 6) is -1.98. The van der Waals surface area contributed by atoms with E-state index in [4.69, 9.17) is 4.74 Å². The lowest BCUT2D eigenvalue weighted by molar-refractivity contribution is -0.151. The summed E-state index contributed by atoms with van der Waals surface area (Å²) in [4.78, 5) is 22.9. The summed E-state index contributed by atoms with van der Waals surface area (Å²) in [6.45, 7) is 5.86. The van der Waals surface area contributed by atoms with E-state index < -0.39 is 17.9 Å². The molecular weight excluding hydrogens is 424 g/mol. The molecule has 0 amide bonds. The van der Waals surface area contributed by atoms with Crippen LogP contribution in [-0.4, -0.2) is 23.7 Å². The Morgan fingerprint density at radius 1 is 0.735 bits per heavy atom. The fourth-order valence-electron chi connectivity index (χ4n) is 4.25. The molecule has 1 N–H and O–H groups in total. The number of aliphatic carboxylic acids is 1. The lowest BCUT2D eigenvalue weighted by Gasteiger charge is -2.11.